The number of pyridine rings is 1. The highest BCUT2D eigenvalue weighted by atomic mass is 15.0. The summed E-state index contributed by atoms with van der Waals surface area (Å²) < 4.78 is 0. The summed E-state index contributed by atoms with van der Waals surface area (Å²) in [6.07, 6.45) is 3.69. The smallest absolute Gasteiger partial charge is 0.0585 e. The zero-order chi connectivity index (χ0) is 9.10. The molecule has 68 valence electrons. The molecule has 2 heterocycles. The molecular weight excluding hydrogens is 162 g/mol. The van der Waals surface area contributed by atoms with Crippen molar-refractivity contribution in [2.24, 2.45) is 4.99 Å². The maximum atomic E-state index is 4.41. The van der Waals surface area contributed by atoms with Crippen LogP contribution in [0.1, 0.15) is 18.5 Å². The first-order valence-corrected chi connectivity index (χ1v) is 4.49. The Hall–Kier alpha value is -1.22. The molecular formula is C10H13N3. The molecule has 1 aromatic heterocycles. The number of aromatic nitrogens is 1. The Labute approximate surface area is 77.9 Å². The van der Waals surface area contributed by atoms with Crippen LogP contribution in [0.3, 0.4) is 0 Å². The van der Waals surface area contributed by atoms with Crippen LogP contribution in [0.25, 0.3) is 0 Å². The summed E-state index contributed by atoms with van der Waals surface area (Å²) in [6, 6.07) is 4.39. The quantitative estimate of drug-likeness (QED) is 0.696. The number of aliphatic imine (C=N–C) groups is 1. The predicted molar refractivity (Wildman–Crippen MR) is 53.0 cm³/mol. The second kappa shape index (κ2) is 3.66. The zero-order valence-electron chi connectivity index (χ0n) is 7.70. The minimum Gasteiger partial charge on any atom is -0.303 e. The Balaban J connectivity index is 2.12. The van der Waals surface area contributed by atoms with Crippen molar-refractivity contribution in [1.29, 1.82) is 0 Å². The lowest BCUT2D eigenvalue weighted by molar-refractivity contribution is 0.562. The summed E-state index contributed by atoms with van der Waals surface area (Å²) in [5.41, 5.74) is 2.40. The Morgan fingerprint density at radius 2 is 2.46 bits per heavy atom. The number of nitrogens with one attached hydrogen (secondary N) is 1. The SMILES string of the molecule is CC1=NCC(c2cccnc2)NC1. The van der Waals surface area contributed by atoms with Gasteiger partial charge < -0.3 is 5.32 Å². The van der Waals surface area contributed by atoms with Gasteiger partial charge in [0.1, 0.15) is 0 Å². The zero-order valence-corrected chi connectivity index (χ0v) is 7.70. The van der Waals surface area contributed by atoms with Gasteiger partial charge in [0, 0.05) is 24.7 Å². The largest absolute Gasteiger partial charge is 0.303 e. The van der Waals surface area contributed by atoms with Gasteiger partial charge in [0.05, 0.1) is 12.6 Å². The van der Waals surface area contributed by atoms with Gasteiger partial charge in [-0.15, -0.1) is 0 Å². The molecule has 2 rings (SSSR count). The van der Waals surface area contributed by atoms with E-state index in [2.05, 4.69) is 21.4 Å². The third-order valence-corrected chi connectivity index (χ3v) is 2.23. The highest BCUT2D eigenvalue weighted by Crippen LogP contribution is 2.13. The van der Waals surface area contributed by atoms with E-state index in [1.54, 1.807) is 6.20 Å². The van der Waals surface area contributed by atoms with Crippen LogP contribution in [0.4, 0.5) is 0 Å². The van der Waals surface area contributed by atoms with E-state index in [4.69, 9.17) is 0 Å². The van der Waals surface area contributed by atoms with Gasteiger partial charge in [-0.25, -0.2) is 0 Å². The fraction of sp³-hybridized carbons (Fsp3) is 0.400. The molecule has 1 aliphatic rings. The number of nitrogens with zero attached hydrogens (tertiary/aromatic N) is 2. The van der Waals surface area contributed by atoms with Crippen LogP contribution in [0.2, 0.25) is 0 Å². The molecule has 0 aliphatic carbocycles. The predicted octanol–water partition coefficient (Wildman–Crippen LogP) is 1.19. The normalized spacial score (nSPS) is 22.5. The molecule has 0 aromatic carbocycles. The first-order chi connectivity index (χ1) is 6.36. The Morgan fingerprint density at radius 3 is 3.08 bits per heavy atom. The van der Waals surface area contributed by atoms with Gasteiger partial charge in [0.15, 0.2) is 0 Å². The van der Waals surface area contributed by atoms with Crippen LogP contribution in [0, 0.1) is 0 Å². The maximum Gasteiger partial charge on any atom is 0.0585 e. The summed E-state index contributed by atoms with van der Waals surface area (Å²) in [5, 5.41) is 3.41. The van der Waals surface area contributed by atoms with Gasteiger partial charge in [0.2, 0.25) is 0 Å². The van der Waals surface area contributed by atoms with Crippen LogP contribution < -0.4 is 5.32 Å². The van der Waals surface area contributed by atoms with E-state index in [0.29, 0.717) is 6.04 Å². The molecule has 3 heteroatoms. The fourth-order valence-corrected chi connectivity index (χ4v) is 1.44. The first-order valence-electron chi connectivity index (χ1n) is 4.49. The van der Waals surface area contributed by atoms with Crippen LogP contribution in [0.5, 0.6) is 0 Å². The summed E-state index contributed by atoms with van der Waals surface area (Å²) in [6.45, 7) is 3.77. The summed E-state index contributed by atoms with van der Waals surface area (Å²) >= 11 is 0. The molecule has 0 bridgehead atoms. The second-order valence-electron chi connectivity index (χ2n) is 3.30. The standard InChI is InChI=1S/C10H13N3/c1-8-5-13-10(7-12-8)9-3-2-4-11-6-9/h2-4,6,10,13H,5,7H2,1H3. The van der Waals surface area contributed by atoms with Crippen molar-refractivity contribution in [3.63, 3.8) is 0 Å². The minimum atomic E-state index is 0.345. The van der Waals surface area contributed by atoms with Crippen LogP contribution in [-0.2, 0) is 0 Å². The summed E-state index contributed by atoms with van der Waals surface area (Å²) in [4.78, 5) is 8.50. The lowest BCUT2D eigenvalue weighted by atomic mass is 10.1. The van der Waals surface area contributed by atoms with Crippen molar-refractivity contribution < 1.29 is 0 Å². The molecule has 1 atom stereocenters. The highest BCUT2D eigenvalue weighted by molar-refractivity contribution is 5.84. The molecule has 3 nitrogen and oxygen atoms in total. The molecule has 0 fully saturated rings. The fourth-order valence-electron chi connectivity index (χ4n) is 1.44. The second-order valence-corrected chi connectivity index (χ2v) is 3.30. The average Bonchev–Trinajstić information content (AvgIpc) is 2.20. The Kier molecular flexibility index (Phi) is 2.36. The average molecular weight is 175 g/mol. The van der Waals surface area contributed by atoms with Crippen LogP contribution in [0.15, 0.2) is 29.5 Å². The minimum absolute atomic E-state index is 0.345. The van der Waals surface area contributed by atoms with Crippen molar-refractivity contribution in [2.45, 2.75) is 13.0 Å². The molecule has 0 saturated carbocycles. The third kappa shape index (κ3) is 1.92. The number of rotatable bonds is 1. The van der Waals surface area contributed by atoms with Crippen molar-refractivity contribution in [2.75, 3.05) is 13.1 Å². The van der Waals surface area contributed by atoms with Gasteiger partial charge in [0.25, 0.3) is 0 Å². The topological polar surface area (TPSA) is 37.3 Å². The van der Waals surface area contributed by atoms with Crippen molar-refractivity contribution in [3.8, 4) is 0 Å². The molecule has 0 amide bonds. The molecule has 1 N–H and O–H groups in total. The summed E-state index contributed by atoms with van der Waals surface area (Å²) in [5.74, 6) is 0. The molecule has 1 unspecified atom stereocenters. The van der Waals surface area contributed by atoms with Gasteiger partial charge in [-0.1, -0.05) is 6.07 Å². The number of hydrogen-bond donors (Lipinski definition) is 1. The van der Waals surface area contributed by atoms with E-state index in [0.717, 1.165) is 13.1 Å². The van der Waals surface area contributed by atoms with E-state index < -0.39 is 0 Å². The first kappa shape index (κ1) is 8.38. The Bertz CT molecular complexity index is 305. The molecule has 1 aromatic rings. The van der Waals surface area contributed by atoms with Crippen molar-refractivity contribution in [3.05, 3.63) is 30.1 Å². The monoisotopic (exact) mass is 175 g/mol. The van der Waals surface area contributed by atoms with E-state index in [1.165, 1.54) is 11.3 Å². The van der Waals surface area contributed by atoms with E-state index in [9.17, 15) is 0 Å². The van der Waals surface area contributed by atoms with E-state index in [1.807, 2.05) is 19.2 Å². The molecule has 0 radical (unpaired) electrons. The van der Waals surface area contributed by atoms with Gasteiger partial charge in [-0.2, -0.15) is 0 Å². The van der Waals surface area contributed by atoms with Crippen molar-refractivity contribution in [1.82, 2.24) is 10.3 Å². The van der Waals surface area contributed by atoms with Crippen LogP contribution in [-0.4, -0.2) is 23.8 Å². The molecule has 13 heavy (non-hydrogen) atoms. The summed E-state index contributed by atoms with van der Waals surface area (Å²) in [7, 11) is 0. The maximum absolute atomic E-state index is 4.41. The van der Waals surface area contributed by atoms with Gasteiger partial charge in [-0.05, 0) is 18.6 Å². The highest BCUT2D eigenvalue weighted by Gasteiger charge is 2.13. The molecule has 0 saturated heterocycles. The van der Waals surface area contributed by atoms with E-state index in [-0.39, 0.29) is 0 Å². The van der Waals surface area contributed by atoms with E-state index >= 15 is 0 Å². The lowest BCUT2D eigenvalue weighted by Crippen LogP contribution is -2.33. The number of hydrogen-bond acceptors (Lipinski definition) is 3. The molecule has 0 spiro atoms. The van der Waals surface area contributed by atoms with Gasteiger partial charge >= 0.3 is 0 Å². The Morgan fingerprint density at radius 1 is 1.54 bits per heavy atom. The lowest BCUT2D eigenvalue weighted by Gasteiger charge is -2.21. The van der Waals surface area contributed by atoms with Gasteiger partial charge in [-0.3, -0.25) is 9.98 Å². The van der Waals surface area contributed by atoms with Crippen LogP contribution >= 0.6 is 0 Å². The van der Waals surface area contributed by atoms with Crippen molar-refractivity contribution >= 4 is 5.71 Å². The molecule has 1 aliphatic heterocycles. The third-order valence-electron chi connectivity index (χ3n) is 2.23.